The first-order valence-corrected chi connectivity index (χ1v) is 7.48. The summed E-state index contributed by atoms with van der Waals surface area (Å²) in [5.41, 5.74) is 2.25. The van der Waals surface area contributed by atoms with Crippen molar-refractivity contribution in [1.29, 1.82) is 0 Å². The summed E-state index contributed by atoms with van der Waals surface area (Å²) in [6.07, 6.45) is 2.71. The van der Waals surface area contributed by atoms with Crippen LogP contribution >= 0.6 is 0 Å². The van der Waals surface area contributed by atoms with Gasteiger partial charge in [-0.15, -0.1) is 0 Å². The molecule has 5 nitrogen and oxygen atoms in total. The van der Waals surface area contributed by atoms with Crippen LogP contribution in [0.25, 0.3) is 11.0 Å². The van der Waals surface area contributed by atoms with Crippen molar-refractivity contribution < 1.29 is 4.79 Å². The Labute approximate surface area is 126 Å². The Morgan fingerprint density at radius 2 is 2.05 bits per heavy atom. The molecule has 0 saturated carbocycles. The van der Waals surface area contributed by atoms with Crippen molar-refractivity contribution in [1.82, 2.24) is 19.7 Å². The van der Waals surface area contributed by atoms with Gasteiger partial charge in [0.2, 0.25) is 0 Å². The minimum absolute atomic E-state index is 0.0218. The van der Waals surface area contributed by atoms with Gasteiger partial charge in [0, 0.05) is 24.5 Å². The second kappa shape index (κ2) is 5.84. The van der Waals surface area contributed by atoms with Crippen LogP contribution in [0.15, 0.2) is 12.3 Å². The molecule has 5 heteroatoms. The van der Waals surface area contributed by atoms with E-state index in [4.69, 9.17) is 0 Å². The number of rotatable bonds is 4. The van der Waals surface area contributed by atoms with E-state index in [0.717, 1.165) is 23.1 Å². The number of hydrogen-bond donors (Lipinski definition) is 0. The molecule has 1 amide bonds. The van der Waals surface area contributed by atoms with Gasteiger partial charge in [-0.1, -0.05) is 6.92 Å². The monoisotopic (exact) mass is 288 g/mol. The summed E-state index contributed by atoms with van der Waals surface area (Å²) < 4.78 is 1.88. The Kier molecular flexibility index (Phi) is 4.30. The zero-order valence-corrected chi connectivity index (χ0v) is 13.7. The van der Waals surface area contributed by atoms with Crippen molar-refractivity contribution in [2.45, 2.75) is 53.1 Å². The number of carbonyl (C=O) groups excluding carboxylic acids is 1. The number of pyridine rings is 1. The van der Waals surface area contributed by atoms with Crippen LogP contribution in [-0.2, 0) is 0 Å². The van der Waals surface area contributed by atoms with E-state index in [1.165, 1.54) is 0 Å². The van der Waals surface area contributed by atoms with E-state index in [2.05, 4.69) is 37.8 Å². The fraction of sp³-hybridized carbons (Fsp3) is 0.562. The minimum Gasteiger partial charge on any atom is -0.339 e. The highest BCUT2D eigenvalue weighted by molar-refractivity contribution is 5.98. The summed E-state index contributed by atoms with van der Waals surface area (Å²) in [7, 11) is 1.84. The van der Waals surface area contributed by atoms with Crippen LogP contribution < -0.4 is 0 Å². The molecule has 0 aliphatic carbocycles. The lowest BCUT2D eigenvalue weighted by Crippen LogP contribution is -2.35. The summed E-state index contributed by atoms with van der Waals surface area (Å²) >= 11 is 0. The highest BCUT2D eigenvalue weighted by Crippen LogP contribution is 2.20. The third-order valence-corrected chi connectivity index (χ3v) is 4.05. The van der Waals surface area contributed by atoms with Crippen molar-refractivity contribution in [2.75, 3.05) is 7.05 Å². The number of nitrogens with zero attached hydrogens (tertiary/aromatic N) is 4. The van der Waals surface area contributed by atoms with Crippen LogP contribution in [0.2, 0.25) is 0 Å². The Hall–Kier alpha value is -1.91. The summed E-state index contributed by atoms with van der Waals surface area (Å²) in [6.45, 7) is 10.2. The van der Waals surface area contributed by atoms with Crippen LogP contribution in [0.4, 0.5) is 0 Å². The van der Waals surface area contributed by atoms with Crippen LogP contribution in [-0.4, -0.2) is 38.7 Å². The van der Waals surface area contributed by atoms with Crippen LogP contribution in [0.1, 0.15) is 56.2 Å². The summed E-state index contributed by atoms with van der Waals surface area (Å²) in [4.78, 5) is 19.0. The summed E-state index contributed by atoms with van der Waals surface area (Å²) in [5.74, 6) is 0.0218. The average Bonchev–Trinajstić information content (AvgIpc) is 2.86. The van der Waals surface area contributed by atoms with E-state index in [-0.39, 0.29) is 18.0 Å². The molecule has 0 aliphatic rings. The van der Waals surface area contributed by atoms with E-state index < -0.39 is 0 Å². The van der Waals surface area contributed by atoms with Crippen LogP contribution in [0.3, 0.4) is 0 Å². The summed E-state index contributed by atoms with van der Waals surface area (Å²) in [6, 6.07) is 2.37. The SMILES string of the molecule is CCC(C)N(C)C(=O)c1cc2cnn(C(C)C)c2nc1C. The van der Waals surface area contributed by atoms with Gasteiger partial charge in [0.25, 0.3) is 5.91 Å². The molecular formula is C16H24N4O. The smallest absolute Gasteiger partial charge is 0.255 e. The zero-order valence-electron chi connectivity index (χ0n) is 13.7. The standard InChI is InChI=1S/C16H24N4O/c1-7-11(4)19(6)16(21)14-8-13-9-17-20(10(2)3)15(13)18-12(14)5/h8-11H,7H2,1-6H3. The molecule has 2 aromatic heterocycles. The van der Waals surface area contributed by atoms with Crippen LogP contribution in [0, 0.1) is 6.92 Å². The van der Waals surface area contributed by atoms with E-state index in [1.54, 1.807) is 11.1 Å². The molecule has 0 aliphatic heterocycles. The topological polar surface area (TPSA) is 51.0 Å². The molecule has 0 bridgehead atoms. The molecule has 2 rings (SSSR count). The van der Waals surface area contributed by atoms with Gasteiger partial charge in [-0.3, -0.25) is 4.79 Å². The first-order chi connectivity index (χ1) is 9.86. The molecule has 0 N–H and O–H groups in total. The molecule has 0 fully saturated rings. The molecule has 0 aromatic carbocycles. The molecule has 1 atom stereocenters. The lowest BCUT2D eigenvalue weighted by Gasteiger charge is -2.24. The van der Waals surface area contributed by atoms with E-state index in [0.29, 0.717) is 5.56 Å². The summed E-state index contributed by atoms with van der Waals surface area (Å²) in [5, 5.41) is 5.27. The van der Waals surface area contributed by atoms with Crippen molar-refractivity contribution in [3.8, 4) is 0 Å². The van der Waals surface area contributed by atoms with Gasteiger partial charge < -0.3 is 4.90 Å². The second-order valence-electron chi connectivity index (χ2n) is 5.89. The third kappa shape index (κ3) is 2.77. The quantitative estimate of drug-likeness (QED) is 0.868. The van der Waals surface area contributed by atoms with Gasteiger partial charge in [-0.05, 0) is 40.2 Å². The largest absolute Gasteiger partial charge is 0.339 e. The Morgan fingerprint density at radius 1 is 1.38 bits per heavy atom. The second-order valence-corrected chi connectivity index (χ2v) is 5.89. The highest BCUT2D eigenvalue weighted by Gasteiger charge is 2.20. The maximum atomic E-state index is 12.6. The van der Waals surface area contributed by atoms with Crippen LogP contribution in [0.5, 0.6) is 0 Å². The molecule has 114 valence electrons. The Balaban J connectivity index is 2.47. The first-order valence-electron chi connectivity index (χ1n) is 7.48. The number of aromatic nitrogens is 3. The van der Waals surface area contributed by atoms with Gasteiger partial charge >= 0.3 is 0 Å². The van der Waals surface area contributed by atoms with Crippen molar-refractivity contribution in [2.24, 2.45) is 0 Å². The predicted molar refractivity (Wildman–Crippen MR) is 84.5 cm³/mol. The van der Waals surface area contributed by atoms with Crippen molar-refractivity contribution in [3.63, 3.8) is 0 Å². The molecule has 1 unspecified atom stereocenters. The molecule has 0 radical (unpaired) electrons. The Bertz CT molecular complexity index is 660. The molecular weight excluding hydrogens is 264 g/mol. The van der Waals surface area contributed by atoms with Gasteiger partial charge in [0.1, 0.15) is 0 Å². The number of carbonyl (C=O) groups is 1. The van der Waals surface area contributed by atoms with Gasteiger partial charge in [0.05, 0.1) is 17.5 Å². The highest BCUT2D eigenvalue weighted by atomic mass is 16.2. The molecule has 2 heterocycles. The van der Waals surface area contributed by atoms with E-state index in [9.17, 15) is 4.79 Å². The fourth-order valence-electron chi connectivity index (χ4n) is 2.32. The van der Waals surface area contributed by atoms with Gasteiger partial charge in [0.15, 0.2) is 5.65 Å². The molecule has 21 heavy (non-hydrogen) atoms. The molecule has 2 aromatic rings. The number of aryl methyl sites for hydroxylation is 1. The lowest BCUT2D eigenvalue weighted by molar-refractivity contribution is 0.0739. The maximum Gasteiger partial charge on any atom is 0.255 e. The predicted octanol–water partition coefficient (Wildman–Crippen LogP) is 3.19. The number of amides is 1. The fourth-order valence-corrected chi connectivity index (χ4v) is 2.32. The normalized spacial score (nSPS) is 12.9. The zero-order chi connectivity index (χ0) is 15.7. The molecule has 0 saturated heterocycles. The van der Waals surface area contributed by atoms with E-state index >= 15 is 0 Å². The third-order valence-electron chi connectivity index (χ3n) is 4.05. The van der Waals surface area contributed by atoms with Gasteiger partial charge in [-0.25, -0.2) is 9.67 Å². The minimum atomic E-state index is 0.0218. The maximum absolute atomic E-state index is 12.6. The lowest BCUT2D eigenvalue weighted by atomic mass is 10.1. The van der Waals surface area contributed by atoms with Crippen molar-refractivity contribution in [3.05, 3.63) is 23.5 Å². The van der Waals surface area contributed by atoms with Crippen molar-refractivity contribution >= 4 is 16.9 Å². The first kappa shape index (κ1) is 15.5. The van der Waals surface area contributed by atoms with Gasteiger partial charge in [-0.2, -0.15) is 5.10 Å². The number of fused-ring (bicyclic) bond motifs is 1. The van der Waals surface area contributed by atoms with E-state index in [1.807, 2.05) is 24.7 Å². The Morgan fingerprint density at radius 3 is 2.62 bits per heavy atom. The average molecular weight is 288 g/mol. The molecule has 0 spiro atoms. The number of hydrogen-bond acceptors (Lipinski definition) is 3.